The van der Waals surface area contributed by atoms with Crippen LogP contribution in [0.5, 0.6) is 0 Å². The quantitative estimate of drug-likeness (QED) is 0.132. The number of hydrogen-bond donors (Lipinski definition) is 0. The van der Waals surface area contributed by atoms with Crippen molar-refractivity contribution in [2.45, 2.75) is 71.6 Å². The fraction of sp³-hybridized carbons (Fsp3) is 0.240. The van der Waals surface area contributed by atoms with Gasteiger partial charge in [0.1, 0.15) is 0 Å². The number of fused-ring (bicyclic) bond motifs is 5. The lowest BCUT2D eigenvalue weighted by atomic mass is 9.71. The van der Waals surface area contributed by atoms with E-state index in [2.05, 4.69) is 173 Å². The van der Waals surface area contributed by atoms with E-state index in [1.165, 1.54) is 127 Å². The van der Waals surface area contributed by atoms with Gasteiger partial charge < -0.3 is 4.90 Å². The van der Waals surface area contributed by atoms with Crippen LogP contribution in [0.1, 0.15) is 74.6 Å². The smallest absolute Gasteiger partial charge is 0.0411 e. The number of rotatable bonds is 10. The Morgan fingerprint density at radius 2 is 1.00 bits per heavy atom. The van der Waals surface area contributed by atoms with Crippen LogP contribution in [0.15, 0.2) is 133 Å². The Hall–Kier alpha value is -5.14. The van der Waals surface area contributed by atoms with Crippen molar-refractivity contribution in [2.24, 2.45) is 0 Å². The van der Waals surface area contributed by atoms with Crippen molar-refractivity contribution in [3.05, 3.63) is 156 Å². The Morgan fingerprint density at radius 3 is 1.67 bits per heavy atom. The Morgan fingerprint density at radius 1 is 0.471 bits per heavy atom. The second-order valence-corrected chi connectivity index (χ2v) is 14.9. The number of unbranched alkanes of at least 4 members (excludes halogenated alkanes) is 2. The first-order valence-corrected chi connectivity index (χ1v) is 19.0. The molecule has 7 aromatic carbocycles. The van der Waals surface area contributed by atoms with Gasteiger partial charge in [-0.1, -0.05) is 160 Å². The third-order valence-corrected chi connectivity index (χ3v) is 11.6. The van der Waals surface area contributed by atoms with E-state index in [1.807, 2.05) is 0 Å². The highest BCUT2D eigenvalue weighted by Gasteiger charge is 2.42. The summed E-state index contributed by atoms with van der Waals surface area (Å²) in [5.74, 6) is 0. The molecule has 0 spiro atoms. The topological polar surface area (TPSA) is 3.24 Å². The Balaban J connectivity index is 1.21. The van der Waals surface area contributed by atoms with E-state index in [0.717, 1.165) is 0 Å². The number of nitrogens with zero attached hydrogens (tertiary/aromatic N) is 1. The first kappa shape index (κ1) is 33.0. The van der Waals surface area contributed by atoms with E-state index in [0.29, 0.717) is 0 Å². The molecule has 0 aromatic heterocycles. The third kappa shape index (κ3) is 5.64. The zero-order valence-corrected chi connectivity index (χ0v) is 30.9. The van der Waals surface area contributed by atoms with Crippen LogP contribution in [0, 0.1) is 13.8 Å². The van der Waals surface area contributed by atoms with Crippen LogP contribution in [0.4, 0.5) is 11.4 Å². The van der Waals surface area contributed by atoms with Crippen LogP contribution in [0.2, 0.25) is 0 Å². The molecular formula is C50H49N. The maximum atomic E-state index is 2.52. The molecule has 0 amide bonds. The van der Waals surface area contributed by atoms with Crippen molar-refractivity contribution < 1.29 is 0 Å². The van der Waals surface area contributed by atoms with Crippen LogP contribution in [0.3, 0.4) is 0 Å². The SMILES string of the molecule is CCCCC1(CCCC)c2ccccc2-c2ccc(N(C)c3ccc(-c4c5ccccc5c(-c5ccc(C)cc5)c5cc(C)ccc45)cc3)cc21. The molecular weight excluding hydrogens is 615 g/mol. The van der Waals surface area contributed by atoms with Gasteiger partial charge in [0.25, 0.3) is 0 Å². The molecule has 0 atom stereocenters. The normalized spacial score (nSPS) is 13.0. The van der Waals surface area contributed by atoms with Gasteiger partial charge in [-0.25, -0.2) is 0 Å². The van der Waals surface area contributed by atoms with Crippen LogP contribution < -0.4 is 4.90 Å². The number of anilines is 2. The predicted molar refractivity (Wildman–Crippen MR) is 222 cm³/mol. The first-order chi connectivity index (χ1) is 24.9. The van der Waals surface area contributed by atoms with Crippen LogP contribution in [0.25, 0.3) is 54.9 Å². The van der Waals surface area contributed by atoms with Crippen molar-refractivity contribution in [2.75, 3.05) is 11.9 Å². The minimum Gasteiger partial charge on any atom is -0.345 e. The molecule has 0 fully saturated rings. The molecule has 0 radical (unpaired) electrons. The monoisotopic (exact) mass is 663 g/mol. The molecule has 0 unspecified atom stereocenters. The Kier molecular flexibility index (Phi) is 8.76. The summed E-state index contributed by atoms with van der Waals surface area (Å²) in [6, 6.07) is 50.6. The van der Waals surface area contributed by atoms with Crippen LogP contribution >= 0.6 is 0 Å². The van der Waals surface area contributed by atoms with Gasteiger partial charge >= 0.3 is 0 Å². The van der Waals surface area contributed by atoms with E-state index in [-0.39, 0.29) is 5.41 Å². The fourth-order valence-electron chi connectivity index (χ4n) is 8.91. The molecule has 0 N–H and O–H groups in total. The van der Waals surface area contributed by atoms with Crippen molar-refractivity contribution in [3.8, 4) is 33.4 Å². The molecule has 1 aliphatic rings. The highest BCUT2D eigenvalue weighted by molar-refractivity contribution is 6.21. The van der Waals surface area contributed by atoms with E-state index >= 15 is 0 Å². The minimum absolute atomic E-state index is 0.0872. The minimum atomic E-state index is 0.0872. The molecule has 51 heavy (non-hydrogen) atoms. The summed E-state index contributed by atoms with van der Waals surface area (Å²) in [5.41, 5.74) is 16.1. The standard InChI is InChI=1S/C50H49N/c1-6-8-30-50(31-9-7-2)46-17-13-12-14-40(46)41-29-27-39(33-47(41)50)51(5)38-25-23-37(24-26-38)48-42-15-10-11-16-43(42)49(36-21-18-34(3)19-22-36)45-32-35(4)20-28-44(45)48/h10-29,32-33H,6-9,30-31H2,1-5H3. The zero-order valence-electron chi connectivity index (χ0n) is 30.9. The summed E-state index contributed by atoms with van der Waals surface area (Å²) in [6.45, 7) is 9.02. The molecule has 0 aliphatic heterocycles. The third-order valence-electron chi connectivity index (χ3n) is 11.6. The highest BCUT2D eigenvalue weighted by Crippen LogP contribution is 2.55. The summed E-state index contributed by atoms with van der Waals surface area (Å²) in [5, 5.41) is 5.19. The molecule has 1 aliphatic carbocycles. The Bertz CT molecular complexity index is 2350. The average Bonchev–Trinajstić information content (AvgIpc) is 3.44. The van der Waals surface area contributed by atoms with E-state index < -0.39 is 0 Å². The number of aryl methyl sites for hydroxylation is 2. The predicted octanol–water partition coefficient (Wildman–Crippen LogP) is 14.4. The molecule has 1 nitrogen and oxygen atoms in total. The lowest BCUT2D eigenvalue weighted by Crippen LogP contribution is -2.25. The number of benzene rings is 7. The van der Waals surface area contributed by atoms with Gasteiger partial charge in [0, 0.05) is 23.8 Å². The average molecular weight is 664 g/mol. The highest BCUT2D eigenvalue weighted by atomic mass is 15.1. The van der Waals surface area contributed by atoms with Crippen molar-refractivity contribution in [3.63, 3.8) is 0 Å². The second kappa shape index (κ2) is 13.5. The van der Waals surface area contributed by atoms with Gasteiger partial charge in [0.05, 0.1) is 0 Å². The van der Waals surface area contributed by atoms with Gasteiger partial charge in [-0.05, 0) is 117 Å². The molecule has 0 saturated carbocycles. The number of hydrogen-bond acceptors (Lipinski definition) is 1. The van der Waals surface area contributed by atoms with E-state index in [9.17, 15) is 0 Å². The molecule has 0 heterocycles. The lowest BCUT2D eigenvalue weighted by molar-refractivity contribution is 0.414. The zero-order chi connectivity index (χ0) is 35.1. The van der Waals surface area contributed by atoms with Gasteiger partial charge in [-0.3, -0.25) is 0 Å². The summed E-state index contributed by atoms with van der Waals surface area (Å²) in [6.07, 6.45) is 7.34. The van der Waals surface area contributed by atoms with E-state index in [4.69, 9.17) is 0 Å². The van der Waals surface area contributed by atoms with E-state index in [1.54, 1.807) is 0 Å². The second-order valence-electron chi connectivity index (χ2n) is 14.9. The van der Waals surface area contributed by atoms with Crippen molar-refractivity contribution in [1.29, 1.82) is 0 Å². The molecule has 1 heteroatoms. The van der Waals surface area contributed by atoms with Gasteiger partial charge in [0.2, 0.25) is 0 Å². The lowest BCUT2D eigenvalue weighted by Gasteiger charge is -2.33. The summed E-state index contributed by atoms with van der Waals surface area (Å²) in [7, 11) is 2.22. The maximum Gasteiger partial charge on any atom is 0.0411 e. The maximum absolute atomic E-state index is 2.52. The Labute approximate surface area is 304 Å². The summed E-state index contributed by atoms with van der Waals surface area (Å²) >= 11 is 0. The molecule has 254 valence electrons. The molecule has 8 rings (SSSR count). The molecule has 0 bridgehead atoms. The van der Waals surface area contributed by atoms with Gasteiger partial charge in [-0.15, -0.1) is 0 Å². The largest absolute Gasteiger partial charge is 0.345 e. The fourth-order valence-corrected chi connectivity index (χ4v) is 8.91. The summed E-state index contributed by atoms with van der Waals surface area (Å²) < 4.78 is 0. The van der Waals surface area contributed by atoms with Gasteiger partial charge in [-0.2, -0.15) is 0 Å². The molecule has 7 aromatic rings. The van der Waals surface area contributed by atoms with Crippen molar-refractivity contribution >= 4 is 32.9 Å². The van der Waals surface area contributed by atoms with Crippen LogP contribution in [-0.2, 0) is 5.41 Å². The first-order valence-electron chi connectivity index (χ1n) is 19.0. The van der Waals surface area contributed by atoms with Crippen molar-refractivity contribution in [1.82, 2.24) is 0 Å². The van der Waals surface area contributed by atoms with Gasteiger partial charge in [0.15, 0.2) is 0 Å². The van der Waals surface area contributed by atoms with Crippen LogP contribution in [-0.4, -0.2) is 7.05 Å². The molecule has 0 saturated heterocycles. The summed E-state index contributed by atoms with van der Waals surface area (Å²) in [4.78, 5) is 2.37.